The van der Waals surface area contributed by atoms with Gasteiger partial charge in [0.1, 0.15) is 5.69 Å². The number of benzene rings is 2. The molecule has 1 amide bonds. The highest BCUT2D eigenvalue weighted by Crippen LogP contribution is 2.34. The van der Waals surface area contributed by atoms with Gasteiger partial charge in [0, 0.05) is 23.1 Å². The van der Waals surface area contributed by atoms with Gasteiger partial charge in [0.15, 0.2) is 11.5 Å². The molecule has 142 valence electrons. The predicted molar refractivity (Wildman–Crippen MR) is 106 cm³/mol. The van der Waals surface area contributed by atoms with Crippen molar-refractivity contribution in [3.8, 4) is 11.5 Å². The first-order valence-corrected chi connectivity index (χ1v) is 8.89. The topological polar surface area (TPSA) is 85.4 Å². The average Bonchev–Trinajstić information content (AvgIpc) is 3.11. The van der Waals surface area contributed by atoms with Crippen molar-refractivity contribution >= 4 is 23.2 Å². The molecule has 0 radical (unpaired) electrons. The van der Waals surface area contributed by atoms with Crippen LogP contribution >= 0.6 is 0 Å². The first kappa shape index (κ1) is 17.8. The summed E-state index contributed by atoms with van der Waals surface area (Å²) in [6.45, 7) is 6.00. The number of nitrogens with one attached hydrogen (secondary N) is 2. The van der Waals surface area contributed by atoms with E-state index in [4.69, 9.17) is 9.47 Å². The fourth-order valence-electron chi connectivity index (χ4n) is 2.98. The molecule has 1 aliphatic heterocycles. The maximum Gasteiger partial charge on any atom is 0.274 e. The second-order valence-corrected chi connectivity index (χ2v) is 6.68. The highest BCUT2D eigenvalue weighted by atomic mass is 16.7. The van der Waals surface area contributed by atoms with E-state index < -0.39 is 0 Å². The van der Waals surface area contributed by atoms with E-state index in [2.05, 4.69) is 20.6 Å². The molecule has 7 nitrogen and oxygen atoms in total. The van der Waals surface area contributed by atoms with Gasteiger partial charge in [0.2, 0.25) is 12.7 Å². The summed E-state index contributed by atoms with van der Waals surface area (Å²) in [6.07, 6.45) is 0. The van der Waals surface area contributed by atoms with Crippen LogP contribution < -0.4 is 20.1 Å². The molecule has 0 bridgehead atoms. The zero-order valence-corrected chi connectivity index (χ0v) is 15.9. The zero-order valence-electron chi connectivity index (χ0n) is 15.9. The van der Waals surface area contributed by atoms with Crippen LogP contribution in [-0.4, -0.2) is 22.7 Å². The third kappa shape index (κ3) is 3.73. The van der Waals surface area contributed by atoms with Gasteiger partial charge in [-0.05, 0) is 50.6 Å². The van der Waals surface area contributed by atoms with Gasteiger partial charge in [-0.1, -0.05) is 17.7 Å². The van der Waals surface area contributed by atoms with Gasteiger partial charge in [0.05, 0.1) is 0 Å². The smallest absolute Gasteiger partial charge is 0.274 e. The first-order valence-electron chi connectivity index (χ1n) is 8.89. The number of anilines is 3. The van der Waals surface area contributed by atoms with E-state index in [0.29, 0.717) is 23.1 Å². The highest BCUT2D eigenvalue weighted by molar-refractivity contribution is 6.03. The van der Waals surface area contributed by atoms with Crippen LogP contribution in [0.4, 0.5) is 17.3 Å². The Bertz CT molecular complexity index is 1070. The number of amides is 1. The van der Waals surface area contributed by atoms with Gasteiger partial charge in [-0.25, -0.2) is 9.97 Å². The molecule has 7 heteroatoms. The zero-order chi connectivity index (χ0) is 19.7. The van der Waals surface area contributed by atoms with E-state index in [0.717, 1.165) is 22.5 Å². The van der Waals surface area contributed by atoms with Crippen molar-refractivity contribution in [2.75, 3.05) is 17.4 Å². The van der Waals surface area contributed by atoms with E-state index in [9.17, 15) is 4.79 Å². The molecule has 0 saturated carbocycles. The third-order valence-electron chi connectivity index (χ3n) is 4.35. The summed E-state index contributed by atoms with van der Waals surface area (Å²) in [7, 11) is 0. The summed E-state index contributed by atoms with van der Waals surface area (Å²) in [5.74, 6) is 1.41. The maximum absolute atomic E-state index is 12.7. The summed E-state index contributed by atoms with van der Waals surface area (Å²) >= 11 is 0. The van der Waals surface area contributed by atoms with E-state index in [1.165, 1.54) is 0 Å². The molecule has 0 unspecified atom stereocenters. The molecular weight excluding hydrogens is 356 g/mol. The fraction of sp³-hybridized carbons (Fsp3) is 0.190. The van der Waals surface area contributed by atoms with Crippen LogP contribution in [0.2, 0.25) is 0 Å². The van der Waals surface area contributed by atoms with Crippen LogP contribution in [0.15, 0.2) is 42.5 Å². The third-order valence-corrected chi connectivity index (χ3v) is 4.35. The Hall–Kier alpha value is -3.61. The number of hydrogen-bond acceptors (Lipinski definition) is 6. The number of hydrogen-bond donors (Lipinski definition) is 2. The molecule has 3 aromatic rings. The fourth-order valence-corrected chi connectivity index (χ4v) is 2.98. The number of fused-ring (bicyclic) bond motifs is 1. The van der Waals surface area contributed by atoms with Crippen molar-refractivity contribution in [1.29, 1.82) is 0 Å². The molecule has 0 atom stereocenters. The number of carbonyl (C=O) groups excluding carboxylic acids is 1. The van der Waals surface area contributed by atoms with Crippen molar-refractivity contribution in [1.82, 2.24) is 9.97 Å². The SMILES string of the molecule is Cc1ccc(NC(=O)c2cc(C)nc(Nc3ccc4c(c3)OCO4)n2)c(C)c1. The van der Waals surface area contributed by atoms with E-state index in [1.807, 2.05) is 57.2 Å². The van der Waals surface area contributed by atoms with Crippen LogP contribution in [-0.2, 0) is 0 Å². The van der Waals surface area contributed by atoms with Crippen LogP contribution in [0.25, 0.3) is 0 Å². The Balaban J connectivity index is 1.55. The Morgan fingerprint density at radius 1 is 0.964 bits per heavy atom. The minimum Gasteiger partial charge on any atom is -0.454 e. The molecule has 2 N–H and O–H groups in total. The quantitative estimate of drug-likeness (QED) is 0.712. The highest BCUT2D eigenvalue weighted by Gasteiger charge is 2.15. The van der Waals surface area contributed by atoms with Crippen molar-refractivity contribution < 1.29 is 14.3 Å². The largest absolute Gasteiger partial charge is 0.454 e. The Labute approximate surface area is 162 Å². The summed E-state index contributed by atoms with van der Waals surface area (Å²) in [6, 6.07) is 13.0. The van der Waals surface area contributed by atoms with Crippen LogP contribution in [0.1, 0.15) is 27.3 Å². The van der Waals surface area contributed by atoms with E-state index in [1.54, 1.807) is 6.07 Å². The molecule has 1 aromatic heterocycles. The molecule has 0 fully saturated rings. The number of nitrogens with zero attached hydrogens (tertiary/aromatic N) is 2. The molecule has 0 aliphatic carbocycles. The lowest BCUT2D eigenvalue weighted by atomic mass is 10.1. The summed E-state index contributed by atoms with van der Waals surface area (Å²) in [5, 5.41) is 6.03. The lowest BCUT2D eigenvalue weighted by Crippen LogP contribution is -2.16. The number of aryl methyl sites for hydroxylation is 3. The second kappa shape index (κ2) is 7.19. The standard InChI is InChI=1S/C21H20N4O3/c1-12-4-6-16(13(2)8-12)24-20(26)17-9-14(3)22-21(25-17)23-15-5-7-18-19(10-15)28-11-27-18/h4-10H,11H2,1-3H3,(H,24,26)(H,22,23,25). The molecule has 0 saturated heterocycles. The first-order chi connectivity index (χ1) is 13.5. The second-order valence-electron chi connectivity index (χ2n) is 6.68. The molecule has 4 rings (SSSR count). The summed E-state index contributed by atoms with van der Waals surface area (Å²) in [5.41, 5.74) is 4.62. The monoisotopic (exact) mass is 376 g/mol. The van der Waals surface area contributed by atoms with Crippen molar-refractivity contribution in [3.63, 3.8) is 0 Å². The molecular formula is C21H20N4O3. The van der Waals surface area contributed by atoms with Gasteiger partial charge < -0.3 is 20.1 Å². The molecule has 28 heavy (non-hydrogen) atoms. The minimum atomic E-state index is -0.286. The summed E-state index contributed by atoms with van der Waals surface area (Å²) in [4.78, 5) is 21.4. The predicted octanol–water partition coefficient (Wildman–Crippen LogP) is 4.13. The molecule has 2 aromatic carbocycles. The molecule has 2 heterocycles. The van der Waals surface area contributed by atoms with E-state index >= 15 is 0 Å². The average molecular weight is 376 g/mol. The number of ether oxygens (including phenoxy) is 2. The Morgan fingerprint density at radius 3 is 2.61 bits per heavy atom. The Morgan fingerprint density at radius 2 is 1.79 bits per heavy atom. The maximum atomic E-state index is 12.7. The number of aromatic nitrogens is 2. The molecule has 1 aliphatic rings. The van der Waals surface area contributed by atoms with E-state index in [-0.39, 0.29) is 18.4 Å². The summed E-state index contributed by atoms with van der Waals surface area (Å²) < 4.78 is 10.7. The normalized spacial score (nSPS) is 12.0. The van der Waals surface area contributed by atoms with Gasteiger partial charge in [-0.3, -0.25) is 4.79 Å². The Kier molecular flexibility index (Phi) is 4.57. The van der Waals surface area contributed by atoms with Gasteiger partial charge >= 0.3 is 0 Å². The van der Waals surface area contributed by atoms with Crippen LogP contribution in [0.5, 0.6) is 11.5 Å². The number of carbonyl (C=O) groups is 1. The van der Waals surface area contributed by atoms with Crippen molar-refractivity contribution in [3.05, 3.63) is 65.0 Å². The minimum absolute atomic E-state index is 0.211. The van der Waals surface area contributed by atoms with Crippen molar-refractivity contribution in [2.45, 2.75) is 20.8 Å². The molecule has 0 spiro atoms. The van der Waals surface area contributed by atoms with Gasteiger partial charge in [-0.2, -0.15) is 0 Å². The van der Waals surface area contributed by atoms with Gasteiger partial charge in [-0.15, -0.1) is 0 Å². The van der Waals surface area contributed by atoms with Crippen molar-refractivity contribution in [2.24, 2.45) is 0 Å². The lowest BCUT2D eigenvalue weighted by Gasteiger charge is -2.11. The number of rotatable bonds is 4. The van der Waals surface area contributed by atoms with Crippen LogP contribution in [0, 0.1) is 20.8 Å². The lowest BCUT2D eigenvalue weighted by molar-refractivity contribution is 0.102. The van der Waals surface area contributed by atoms with Gasteiger partial charge in [0.25, 0.3) is 5.91 Å². The van der Waals surface area contributed by atoms with Crippen LogP contribution in [0.3, 0.4) is 0 Å².